The summed E-state index contributed by atoms with van der Waals surface area (Å²) in [6, 6.07) is 15.4. The van der Waals surface area contributed by atoms with E-state index in [2.05, 4.69) is 10.3 Å². The summed E-state index contributed by atoms with van der Waals surface area (Å²) in [5, 5.41) is 3.73. The number of nitrogens with zero attached hydrogens (tertiary/aromatic N) is 2. The highest BCUT2D eigenvalue weighted by molar-refractivity contribution is 7.89. The minimum absolute atomic E-state index is 0.178. The molecule has 3 rings (SSSR count). The quantitative estimate of drug-likeness (QED) is 0.686. The van der Waals surface area contributed by atoms with Crippen LogP contribution in [0.5, 0.6) is 0 Å². The summed E-state index contributed by atoms with van der Waals surface area (Å²) in [5.74, 6) is -0.306. The molecule has 0 aliphatic heterocycles. The van der Waals surface area contributed by atoms with Crippen LogP contribution in [-0.4, -0.2) is 36.7 Å². The maximum Gasteiger partial charge on any atom is 0.255 e. The number of pyridine rings is 1. The van der Waals surface area contributed by atoms with Crippen LogP contribution in [0.15, 0.2) is 59.5 Å². The van der Waals surface area contributed by atoms with Crippen molar-refractivity contribution in [3.05, 3.63) is 65.9 Å². The molecule has 0 spiro atoms. The van der Waals surface area contributed by atoms with Crippen LogP contribution < -0.4 is 5.32 Å². The Morgan fingerprint density at radius 2 is 1.68 bits per heavy atom. The lowest BCUT2D eigenvalue weighted by atomic mass is 10.1. The molecule has 1 heterocycles. The summed E-state index contributed by atoms with van der Waals surface area (Å²) >= 11 is 0. The number of anilines is 1. The first-order valence-electron chi connectivity index (χ1n) is 9.14. The zero-order chi connectivity index (χ0) is 20.3. The molecule has 3 aromatic rings. The number of hydrogen-bond acceptors (Lipinski definition) is 4. The summed E-state index contributed by atoms with van der Waals surface area (Å²) < 4.78 is 26.5. The van der Waals surface area contributed by atoms with Gasteiger partial charge in [0.25, 0.3) is 5.91 Å². The average molecular weight is 398 g/mol. The van der Waals surface area contributed by atoms with Gasteiger partial charge in [0.15, 0.2) is 0 Å². The van der Waals surface area contributed by atoms with Gasteiger partial charge < -0.3 is 5.32 Å². The molecule has 0 fully saturated rings. The van der Waals surface area contributed by atoms with E-state index < -0.39 is 10.0 Å². The second-order valence-electron chi connectivity index (χ2n) is 6.39. The molecule has 0 saturated heterocycles. The lowest BCUT2D eigenvalue weighted by molar-refractivity contribution is 0.102. The van der Waals surface area contributed by atoms with Crippen LogP contribution in [0.4, 0.5) is 5.69 Å². The average Bonchev–Trinajstić information content (AvgIpc) is 2.68. The zero-order valence-corrected chi connectivity index (χ0v) is 17.0. The molecule has 0 atom stereocenters. The molecule has 1 amide bonds. The summed E-state index contributed by atoms with van der Waals surface area (Å²) in [4.78, 5) is 17.3. The van der Waals surface area contributed by atoms with E-state index in [1.165, 1.54) is 28.6 Å². The highest BCUT2D eigenvalue weighted by atomic mass is 32.2. The van der Waals surface area contributed by atoms with Crippen LogP contribution in [0.25, 0.3) is 10.9 Å². The molecule has 1 N–H and O–H groups in total. The standard InChI is InChI=1S/C21H23N3O3S/c1-4-24(5-2)28(26,27)17-12-10-16(11-13-17)21(25)23-20-8-6-7-19-18(20)14-9-15(3)22-19/h6-14H,4-5H2,1-3H3,(H,23,25). The lowest BCUT2D eigenvalue weighted by Crippen LogP contribution is -2.30. The molecule has 28 heavy (non-hydrogen) atoms. The summed E-state index contributed by atoms with van der Waals surface area (Å²) in [5.41, 5.74) is 2.75. The number of aromatic nitrogens is 1. The zero-order valence-electron chi connectivity index (χ0n) is 16.1. The maximum absolute atomic E-state index is 12.6. The van der Waals surface area contributed by atoms with E-state index >= 15 is 0 Å². The third kappa shape index (κ3) is 3.90. The molecule has 0 unspecified atom stereocenters. The number of benzene rings is 2. The van der Waals surface area contributed by atoms with Crippen molar-refractivity contribution in [1.29, 1.82) is 0 Å². The van der Waals surface area contributed by atoms with Crippen LogP contribution in [0.1, 0.15) is 29.9 Å². The highest BCUT2D eigenvalue weighted by Crippen LogP contribution is 2.23. The van der Waals surface area contributed by atoms with Crippen molar-refractivity contribution in [3.63, 3.8) is 0 Å². The number of aryl methyl sites for hydroxylation is 1. The fourth-order valence-electron chi connectivity index (χ4n) is 3.05. The molecular formula is C21H23N3O3S. The molecule has 0 radical (unpaired) electrons. The molecule has 7 heteroatoms. The van der Waals surface area contributed by atoms with Gasteiger partial charge in [0.1, 0.15) is 0 Å². The summed E-state index contributed by atoms with van der Waals surface area (Å²) in [6.45, 7) is 6.30. The van der Waals surface area contributed by atoms with E-state index in [4.69, 9.17) is 0 Å². The van der Waals surface area contributed by atoms with Crippen molar-refractivity contribution in [1.82, 2.24) is 9.29 Å². The van der Waals surface area contributed by atoms with Gasteiger partial charge in [-0.05, 0) is 55.5 Å². The molecule has 0 aliphatic carbocycles. The Bertz CT molecular complexity index is 1110. The molecule has 6 nitrogen and oxygen atoms in total. The Labute approximate surface area is 165 Å². The first-order valence-corrected chi connectivity index (χ1v) is 10.6. The van der Waals surface area contributed by atoms with E-state index in [0.717, 1.165) is 16.6 Å². The molecule has 146 valence electrons. The van der Waals surface area contributed by atoms with Crippen LogP contribution >= 0.6 is 0 Å². The number of sulfonamides is 1. The second kappa shape index (κ2) is 8.08. The Balaban J connectivity index is 1.85. The number of hydrogen-bond donors (Lipinski definition) is 1. The largest absolute Gasteiger partial charge is 0.321 e. The lowest BCUT2D eigenvalue weighted by Gasteiger charge is -2.18. The van der Waals surface area contributed by atoms with E-state index in [-0.39, 0.29) is 10.8 Å². The predicted octanol–water partition coefficient (Wildman–Crippen LogP) is 3.83. The van der Waals surface area contributed by atoms with E-state index in [1.807, 2.05) is 37.3 Å². The van der Waals surface area contributed by atoms with Crippen molar-refractivity contribution < 1.29 is 13.2 Å². The number of rotatable bonds is 6. The minimum Gasteiger partial charge on any atom is -0.321 e. The van der Waals surface area contributed by atoms with Gasteiger partial charge in [-0.3, -0.25) is 9.78 Å². The van der Waals surface area contributed by atoms with Crippen molar-refractivity contribution in [3.8, 4) is 0 Å². The molecular weight excluding hydrogens is 374 g/mol. The highest BCUT2D eigenvalue weighted by Gasteiger charge is 2.21. The maximum atomic E-state index is 12.6. The smallest absolute Gasteiger partial charge is 0.255 e. The van der Waals surface area contributed by atoms with Crippen molar-refractivity contribution in [2.24, 2.45) is 0 Å². The second-order valence-corrected chi connectivity index (χ2v) is 8.33. The van der Waals surface area contributed by atoms with E-state index in [1.54, 1.807) is 13.8 Å². The van der Waals surface area contributed by atoms with Gasteiger partial charge in [0.2, 0.25) is 10.0 Å². The molecule has 0 saturated carbocycles. The molecule has 2 aromatic carbocycles. The number of amides is 1. The monoisotopic (exact) mass is 397 g/mol. The van der Waals surface area contributed by atoms with Gasteiger partial charge in [-0.2, -0.15) is 4.31 Å². The van der Waals surface area contributed by atoms with E-state index in [9.17, 15) is 13.2 Å². The van der Waals surface area contributed by atoms with Crippen LogP contribution in [0.3, 0.4) is 0 Å². The van der Waals surface area contributed by atoms with Crippen LogP contribution in [0.2, 0.25) is 0 Å². The van der Waals surface area contributed by atoms with E-state index in [0.29, 0.717) is 24.3 Å². The van der Waals surface area contributed by atoms with Gasteiger partial charge in [0, 0.05) is 29.7 Å². The van der Waals surface area contributed by atoms with Gasteiger partial charge in [-0.15, -0.1) is 0 Å². The van der Waals surface area contributed by atoms with Crippen LogP contribution in [-0.2, 0) is 10.0 Å². The van der Waals surface area contributed by atoms with Crippen molar-refractivity contribution in [2.75, 3.05) is 18.4 Å². The van der Waals surface area contributed by atoms with Crippen molar-refractivity contribution >= 4 is 32.5 Å². The fourth-order valence-corrected chi connectivity index (χ4v) is 4.51. The third-order valence-corrected chi connectivity index (χ3v) is 6.64. The van der Waals surface area contributed by atoms with Crippen molar-refractivity contribution in [2.45, 2.75) is 25.7 Å². The molecule has 1 aromatic heterocycles. The van der Waals surface area contributed by atoms with Gasteiger partial charge in [-0.25, -0.2) is 8.42 Å². The Morgan fingerprint density at radius 3 is 2.32 bits per heavy atom. The summed E-state index contributed by atoms with van der Waals surface area (Å²) in [7, 11) is -3.54. The van der Waals surface area contributed by atoms with Gasteiger partial charge in [-0.1, -0.05) is 19.9 Å². The van der Waals surface area contributed by atoms with Crippen LogP contribution in [0, 0.1) is 6.92 Å². The first-order chi connectivity index (χ1) is 13.4. The van der Waals surface area contributed by atoms with Gasteiger partial charge >= 0.3 is 0 Å². The minimum atomic E-state index is -3.54. The Hall–Kier alpha value is -2.77. The Kier molecular flexibility index (Phi) is 5.76. The number of carbonyl (C=O) groups is 1. The molecule has 0 aliphatic rings. The summed E-state index contributed by atoms with van der Waals surface area (Å²) in [6.07, 6.45) is 0. The number of fused-ring (bicyclic) bond motifs is 1. The Morgan fingerprint density at radius 1 is 1.00 bits per heavy atom. The first kappa shape index (κ1) is 20.0. The van der Waals surface area contributed by atoms with Gasteiger partial charge in [0.05, 0.1) is 16.1 Å². The topological polar surface area (TPSA) is 79.4 Å². The molecule has 0 bridgehead atoms. The predicted molar refractivity (Wildman–Crippen MR) is 111 cm³/mol. The number of nitrogens with one attached hydrogen (secondary N) is 1. The normalized spacial score (nSPS) is 11.7. The third-order valence-electron chi connectivity index (χ3n) is 4.58. The fraction of sp³-hybridized carbons (Fsp3) is 0.238. The SMILES string of the molecule is CCN(CC)S(=O)(=O)c1ccc(C(=O)Nc2cccc3nc(C)ccc23)cc1. The number of carbonyl (C=O) groups excluding carboxylic acids is 1.